The molecule has 0 aromatic heterocycles. The van der Waals surface area contributed by atoms with Crippen molar-refractivity contribution in [1.29, 1.82) is 0 Å². The molecule has 118 valence electrons. The number of nitro groups is 1. The van der Waals surface area contributed by atoms with Gasteiger partial charge in [0.1, 0.15) is 5.56 Å². The third-order valence-corrected chi connectivity index (χ3v) is 3.34. The predicted molar refractivity (Wildman–Crippen MR) is 73.2 cm³/mol. The topological polar surface area (TPSA) is 72.2 Å². The highest BCUT2D eigenvalue weighted by atomic mass is 19.4. The minimum atomic E-state index is -4.86. The van der Waals surface area contributed by atoms with Crippen LogP contribution in [0.3, 0.4) is 0 Å². The number of anilines is 1. The minimum absolute atomic E-state index is 0.0835. The monoisotopic (exact) mass is 314 g/mol. The number of nitrogens with one attached hydrogen (secondary N) is 1. The molecule has 1 aromatic rings. The molecule has 0 heterocycles. The van der Waals surface area contributed by atoms with Crippen molar-refractivity contribution in [3.8, 4) is 0 Å². The maximum atomic E-state index is 12.8. The molecule has 1 aliphatic rings. The summed E-state index contributed by atoms with van der Waals surface area (Å²) in [7, 11) is 0. The summed E-state index contributed by atoms with van der Waals surface area (Å²) in [6.45, 7) is 0. The van der Waals surface area contributed by atoms with Gasteiger partial charge < -0.3 is 5.32 Å². The molecule has 0 saturated heterocycles. The van der Waals surface area contributed by atoms with Crippen LogP contribution in [0.15, 0.2) is 30.4 Å². The first-order chi connectivity index (χ1) is 10.3. The van der Waals surface area contributed by atoms with Crippen molar-refractivity contribution in [3.63, 3.8) is 0 Å². The summed E-state index contributed by atoms with van der Waals surface area (Å²) in [6.07, 6.45) is 0.878. The normalized spacial score (nSPS) is 17.5. The Balaban J connectivity index is 2.16. The Kier molecular flexibility index (Phi) is 4.48. The molecule has 0 spiro atoms. The average Bonchev–Trinajstić information content (AvgIpc) is 2.90. The number of allylic oxidation sites excluding steroid dienone is 2. The molecule has 0 bridgehead atoms. The zero-order valence-corrected chi connectivity index (χ0v) is 11.4. The number of alkyl halides is 3. The molecule has 5 nitrogen and oxygen atoms in total. The van der Waals surface area contributed by atoms with Crippen LogP contribution in [0.5, 0.6) is 0 Å². The Morgan fingerprint density at radius 3 is 2.68 bits per heavy atom. The molecule has 1 aromatic carbocycles. The summed E-state index contributed by atoms with van der Waals surface area (Å²) in [5.41, 5.74) is -2.52. The summed E-state index contributed by atoms with van der Waals surface area (Å²) in [4.78, 5) is 21.3. The smallest absolute Gasteiger partial charge is 0.326 e. The van der Waals surface area contributed by atoms with Crippen LogP contribution in [0.1, 0.15) is 24.8 Å². The van der Waals surface area contributed by atoms with Gasteiger partial charge in [-0.2, -0.15) is 13.2 Å². The number of nitro benzene ring substituents is 1. The zero-order valence-electron chi connectivity index (χ0n) is 11.4. The fourth-order valence-corrected chi connectivity index (χ4v) is 2.32. The van der Waals surface area contributed by atoms with Gasteiger partial charge >= 0.3 is 6.18 Å². The summed E-state index contributed by atoms with van der Waals surface area (Å²) >= 11 is 0. The molecule has 8 heteroatoms. The molecule has 1 atom stereocenters. The van der Waals surface area contributed by atoms with Crippen molar-refractivity contribution in [1.82, 2.24) is 0 Å². The summed E-state index contributed by atoms with van der Waals surface area (Å²) in [6, 6.07) is 2.42. The lowest BCUT2D eigenvalue weighted by Crippen LogP contribution is -2.16. The van der Waals surface area contributed by atoms with Gasteiger partial charge in [-0.05, 0) is 30.9 Å². The van der Waals surface area contributed by atoms with E-state index in [4.69, 9.17) is 0 Å². The predicted octanol–water partition coefficient (Wildman–Crippen LogP) is 3.91. The number of rotatable bonds is 4. The van der Waals surface area contributed by atoms with E-state index in [-0.39, 0.29) is 18.0 Å². The van der Waals surface area contributed by atoms with Crippen molar-refractivity contribution < 1.29 is 22.9 Å². The lowest BCUT2D eigenvalue weighted by Gasteiger charge is -2.12. The molecule has 1 aliphatic carbocycles. The standard InChI is InChI=1S/C14H13F3N2O3/c15-14(16,17)11-8-10(5-6-12(11)19(21)22)18-13(20)7-9-3-1-2-4-9/h1,3,5-6,8-9H,2,4,7H2,(H,18,20). The minimum Gasteiger partial charge on any atom is -0.326 e. The molecule has 1 N–H and O–H groups in total. The van der Waals surface area contributed by atoms with Gasteiger partial charge in [0.25, 0.3) is 5.69 Å². The van der Waals surface area contributed by atoms with Gasteiger partial charge in [0.15, 0.2) is 0 Å². The van der Waals surface area contributed by atoms with Crippen molar-refractivity contribution >= 4 is 17.3 Å². The molecule has 0 fully saturated rings. The summed E-state index contributed by atoms with van der Waals surface area (Å²) < 4.78 is 38.5. The van der Waals surface area contributed by atoms with Crippen LogP contribution < -0.4 is 5.32 Å². The highest BCUT2D eigenvalue weighted by Gasteiger charge is 2.38. The number of nitrogens with zero attached hydrogens (tertiary/aromatic N) is 1. The first-order valence-electron chi connectivity index (χ1n) is 6.59. The second-order valence-electron chi connectivity index (χ2n) is 5.00. The van der Waals surface area contributed by atoms with E-state index >= 15 is 0 Å². The third-order valence-electron chi connectivity index (χ3n) is 3.34. The van der Waals surface area contributed by atoms with Crippen LogP contribution in [-0.4, -0.2) is 10.8 Å². The van der Waals surface area contributed by atoms with Gasteiger partial charge in [0.05, 0.1) is 4.92 Å². The van der Waals surface area contributed by atoms with Gasteiger partial charge in [0, 0.05) is 18.2 Å². The van der Waals surface area contributed by atoms with Crippen molar-refractivity contribution in [2.75, 3.05) is 5.32 Å². The molecular weight excluding hydrogens is 301 g/mol. The van der Waals surface area contributed by atoms with Crippen LogP contribution >= 0.6 is 0 Å². The Morgan fingerprint density at radius 1 is 1.41 bits per heavy atom. The summed E-state index contributed by atoms with van der Waals surface area (Å²) in [5, 5.41) is 13.0. The number of carbonyl (C=O) groups is 1. The Hall–Kier alpha value is -2.38. The highest BCUT2D eigenvalue weighted by molar-refractivity contribution is 5.91. The first-order valence-corrected chi connectivity index (χ1v) is 6.59. The van der Waals surface area contributed by atoms with E-state index < -0.39 is 28.3 Å². The van der Waals surface area contributed by atoms with Gasteiger partial charge in [-0.25, -0.2) is 0 Å². The lowest BCUT2D eigenvalue weighted by molar-refractivity contribution is -0.388. The maximum absolute atomic E-state index is 12.8. The van der Waals surface area contributed by atoms with Crippen LogP contribution in [0.25, 0.3) is 0 Å². The summed E-state index contributed by atoms with van der Waals surface area (Å²) in [5.74, 6) is -0.335. The van der Waals surface area contributed by atoms with E-state index in [0.717, 1.165) is 25.0 Å². The molecule has 0 radical (unpaired) electrons. The average molecular weight is 314 g/mol. The maximum Gasteiger partial charge on any atom is 0.423 e. The van der Waals surface area contributed by atoms with Crippen molar-refractivity contribution in [2.24, 2.45) is 5.92 Å². The molecule has 0 saturated carbocycles. The number of amides is 1. The number of hydrogen-bond acceptors (Lipinski definition) is 3. The molecular formula is C14H13F3N2O3. The van der Waals surface area contributed by atoms with Gasteiger partial charge in [0.2, 0.25) is 5.91 Å². The first kappa shape index (κ1) is 16.0. The van der Waals surface area contributed by atoms with Crippen LogP contribution in [0.2, 0.25) is 0 Å². The van der Waals surface area contributed by atoms with E-state index in [1.165, 1.54) is 0 Å². The zero-order chi connectivity index (χ0) is 16.3. The number of hydrogen-bond donors (Lipinski definition) is 1. The van der Waals surface area contributed by atoms with E-state index in [1.807, 2.05) is 12.2 Å². The molecule has 22 heavy (non-hydrogen) atoms. The fourth-order valence-electron chi connectivity index (χ4n) is 2.32. The Labute approximate surface area is 124 Å². The van der Waals surface area contributed by atoms with E-state index in [2.05, 4.69) is 5.32 Å². The van der Waals surface area contributed by atoms with E-state index in [1.54, 1.807) is 0 Å². The quantitative estimate of drug-likeness (QED) is 0.520. The molecule has 1 amide bonds. The van der Waals surface area contributed by atoms with Crippen LogP contribution in [0, 0.1) is 16.0 Å². The largest absolute Gasteiger partial charge is 0.423 e. The van der Waals surface area contributed by atoms with Crippen molar-refractivity contribution in [3.05, 3.63) is 46.0 Å². The number of carbonyl (C=O) groups excluding carboxylic acids is 1. The number of benzene rings is 1. The number of halogens is 3. The molecule has 0 aliphatic heterocycles. The third kappa shape index (κ3) is 3.84. The molecule has 1 unspecified atom stereocenters. The van der Waals surface area contributed by atoms with Crippen LogP contribution in [-0.2, 0) is 11.0 Å². The second-order valence-corrected chi connectivity index (χ2v) is 5.00. The van der Waals surface area contributed by atoms with Crippen molar-refractivity contribution in [2.45, 2.75) is 25.4 Å². The van der Waals surface area contributed by atoms with E-state index in [9.17, 15) is 28.1 Å². The SMILES string of the molecule is O=C(CC1C=CCC1)Nc1ccc([N+](=O)[O-])c(C(F)(F)F)c1. The van der Waals surface area contributed by atoms with E-state index in [0.29, 0.717) is 6.07 Å². The molecule has 2 rings (SSSR count). The highest BCUT2D eigenvalue weighted by Crippen LogP contribution is 2.37. The van der Waals surface area contributed by atoms with Gasteiger partial charge in [-0.1, -0.05) is 12.2 Å². The van der Waals surface area contributed by atoms with Gasteiger partial charge in [-0.3, -0.25) is 14.9 Å². The Morgan fingerprint density at radius 2 is 2.14 bits per heavy atom. The second kappa shape index (κ2) is 6.17. The fraction of sp³-hybridized carbons (Fsp3) is 0.357. The van der Waals surface area contributed by atoms with Gasteiger partial charge in [-0.15, -0.1) is 0 Å². The lowest BCUT2D eigenvalue weighted by atomic mass is 10.0. The Bertz CT molecular complexity index is 626. The van der Waals surface area contributed by atoms with Crippen LogP contribution in [0.4, 0.5) is 24.5 Å².